The van der Waals surface area contributed by atoms with Crippen LogP contribution in [0, 0.1) is 5.41 Å². The van der Waals surface area contributed by atoms with E-state index < -0.39 is 0 Å². The maximum Gasteiger partial charge on any atom is 0.160 e. The van der Waals surface area contributed by atoms with Crippen molar-refractivity contribution >= 4 is 0 Å². The third-order valence-electron chi connectivity index (χ3n) is 3.63. The Balaban J connectivity index is 2.03. The van der Waals surface area contributed by atoms with Gasteiger partial charge >= 0.3 is 0 Å². The number of phenols is 1. The van der Waals surface area contributed by atoms with Gasteiger partial charge in [0.2, 0.25) is 0 Å². The molecule has 18 heavy (non-hydrogen) atoms. The van der Waals surface area contributed by atoms with Gasteiger partial charge in [-0.05, 0) is 42.5 Å². The topological polar surface area (TPSA) is 32.7 Å². The van der Waals surface area contributed by atoms with Crippen molar-refractivity contribution in [1.82, 2.24) is 4.90 Å². The third kappa shape index (κ3) is 3.16. The Morgan fingerprint density at radius 2 is 2.17 bits per heavy atom. The normalized spacial score (nSPS) is 19.7. The SMILES string of the molecule is COc1ccc(CN2CCCC(C)(C)C2)cc1O. The number of aromatic hydroxyl groups is 1. The lowest BCUT2D eigenvalue weighted by Crippen LogP contribution is -2.39. The van der Waals surface area contributed by atoms with Gasteiger partial charge in [0.1, 0.15) is 0 Å². The molecule has 0 amide bonds. The van der Waals surface area contributed by atoms with Gasteiger partial charge in [0.05, 0.1) is 7.11 Å². The standard InChI is InChI=1S/C15H23NO2/c1-15(2)7-4-8-16(11-15)10-12-5-6-14(18-3)13(17)9-12/h5-6,9,17H,4,7-8,10-11H2,1-3H3. The van der Waals surface area contributed by atoms with Crippen LogP contribution in [0.25, 0.3) is 0 Å². The molecule has 100 valence electrons. The number of ether oxygens (including phenoxy) is 1. The molecular weight excluding hydrogens is 226 g/mol. The molecule has 1 heterocycles. The van der Waals surface area contributed by atoms with Crippen LogP contribution in [0.5, 0.6) is 11.5 Å². The summed E-state index contributed by atoms with van der Waals surface area (Å²) in [6.45, 7) is 7.83. The number of hydrogen-bond donors (Lipinski definition) is 1. The van der Waals surface area contributed by atoms with Gasteiger partial charge < -0.3 is 9.84 Å². The van der Waals surface area contributed by atoms with Crippen LogP contribution in [-0.2, 0) is 6.54 Å². The number of nitrogens with zero attached hydrogens (tertiary/aromatic N) is 1. The fourth-order valence-electron chi connectivity index (χ4n) is 2.77. The molecule has 1 N–H and O–H groups in total. The second-order valence-electron chi connectivity index (χ2n) is 5.98. The zero-order valence-electron chi connectivity index (χ0n) is 11.6. The summed E-state index contributed by atoms with van der Waals surface area (Å²) in [5, 5.41) is 9.78. The lowest BCUT2D eigenvalue weighted by atomic mass is 9.84. The summed E-state index contributed by atoms with van der Waals surface area (Å²) < 4.78 is 5.06. The lowest BCUT2D eigenvalue weighted by Gasteiger charge is -2.38. The van der Waals surface area contributed by atoms with Crippen molar-refractivity contribution in [2.75, 3.05) is 20.2 Å². The molecule has 0 radical (unpaired) electrons. The molecule has 1 aromatic carbocycles. The van der Waals surface area contributed by atoms with Crippen molar-refractivity contribution in [2.24, 2.45) is 5.41 Å². The van der Waals surface area contributed by atoms with E-state index in [0.717, 1.165) is 25.2 Å². The number of likely N-dealkylation sites (tertiary alicyclic amines) is 1. The summed E-state index contributed by atoms with van der Waals surface area (Å²) in [7, 11) is 1.57. The molecule has 0 spiro atoms. The Labute approximate surface area is 109 Å². The molecular formula is C15H23NO2. The van der Waals surface area contributed by atoms with Gasteiger partial charge in [0.15, 0.2) is 11.5 Å². The Hall–Kier alpha value is -1.22. The molecule has 3 heteroatoms. The fraction of sp³-hybridized carbons (Fsp3) is 0.600. The second-order valence-corrected chi connectivity index (χ2v) is 5.98. The molecule has 2 rings (SSSR count). The molecule has 1 aliphatic heterocycles. The Kier molecular flexibility index (Phi) is 3.81. The van der Waals surface area contributed by atoms with Gasteiger partial charge in [-0.1, -0.05) is 19.9 Å². The van der Waals surface area contributed by atoms with Crippen molar-refractivity contribution in [1.29, 1.82) is 0 Å². The Morgan fingerprint density at radius 3 is 2.78 bits per heavy atom. The number of rotatable bonds is 3. The van der Waals surface area contributed by atoms with Crippen LogP contribution < -0.4 is 4.74 Å². The maximum atomic E-state index is 9.78. The summed E-state index contributed by atoms with van der Waals surface area (Å²) in [4.78, 5) is 2.46. The minimum Gasteiger partial charge on any atom is -0.504 e. The highest BCUT2D eigenvalue weighted by Crippen LogP contribution is 2.31. The molecule has 0 aromatic heterocycles. The number of hydrogen-bond acceptors (Lipinski definition) is 3. The molecule has 1 aliphatic rings. The minimum absolute atomic E-state index is 0.228. The first-order valence-electron chi connectivity index (χ1n) is 6.58. The van der Waals surface area contributed by atoms with E-state index in [-0.39, 0.29) is 5.75 Å². The van der Waals surface area contributed by atoms with Crippen molar-refractivity contribution < 1.29 is 9.84 Å². The van der Waals surface area contributed by atoms with Crippen molar-refractivity contribution in [3.05, 3.63) is 23.8 Å². The first kappa shape index (κ1) is 13.2. The summed E-state index contributed by atoms with van der Waals surface area (Å²) in [5.41, 5.74) is 1.55. The molecule has 0 bridgehead atoms. The summed E-state index contributed by atoms with van der Waals surface area (Å²) in [5.74, 6) is 0.768. The highest BCUT2D eigenvalue weighted by atomic mass is 16.5. The van der Waals surface area contributed by atoms with E-state index in [1.807, 2.05) is 12.1 Å². The number of methoxy groups -OCH3 is 1. The quantitative estimate of drug-likeness (QED) is 0.893. The average molecular weight is 249 g/mol. The van der Waals surface area contributed by atoms with E-state index in [1.54, 1.807) is 13.2 Å². The number of phenolic OH excluding ortho intramolecular Hbond substituents is 1. The van der Waals surface area contributed by atoms with Gasteiger partial charge in [-0.25, -0.2) is 0 Å². The largest absolute Gasteiger partial charge is 0.504 e. The van der Waals surface area contributed by atoms with Crippen molar-refractivity contribution in [3.63, 3.8) is 0 Å². The fourth-order valence-corrected chi connectivity index (χ4v) is 2.77. The molecule has 0 unspecified atom stereocenters. The van der Waals surface area contributed by atoms with Crippen LogP contribution in [0.2, 0.25) is 0 Å². The second kappa shape index (κ2) is 5.19. The van der Waals surface area contributed by atoms with Crippen molar-refractivity contribution in [3.8, 4) is 11.5 Å². The first-order valence-corrected chi connectivity index (χ1v) is 6.58. The lowest BCUT2D eigenvalue weighted by molar-refractivity contribution is 0.111. The molecule has 0 atom stereocenters. The van der Waals surface area contributed by atoms with E-state index in [1.165, 1.54) is 12.8 Å². The van der Waals surface area contributed by atoms with Crippen molar-refractivity contribution in [2.45, 2.75) is 33.2 Å². The van der Waals surface area contributed by atoms with Gasteiger partial charge in [-0.3, -0.25) is 4.90 Å². The number of benzene rings is 1. The smallest absolute Gasteiger partial charge is 0.160 e. The third-order valence-corrected chi connectivity index (χ3v) is 3.63. The highest BCUT2D eigenvalue weighted by Gasteiger charge is 2.26. The summed E-state index contributed by atoms with van der Waals surface area (Å²) in [6, 6.07) is 5.67. The molecule has 1 aromatic rings. The van der Waals surface area contributed by atoms with Crippen LogP contribution in [0.4, 0.5) is 0 Å². The highest BCUT2D eigenvalue weighted by molar-refractivity contribution is 5.41. The summed E-state index contributed by atoms with van der Waals surface area (Å²) in [6.07, 6.45) is 2.56. The number of piperidine rings is 1. The van der Waals surface area contributed by atoms with Crippen LogP contribution in [0.1, 0.15) is 32.3 Å². The molecule has 1 saturated heterocycles. The maximum absolute atomic E-state index is 9.78. The van der Waals surface area contributed by atoms with Crippen LogP contribution in [0.15, 0.2) is 18.2 Å². The van der Waals surface area contributed by atoms with Crippen LogP contribution in [0.3, 0.4) is 0 Å². The van der Waals surface area contributed by atoms with Gasteiger partial charge in [-0.2, -0.15) is 0 Å². The van der Waals surface area contributed by atoms with E-state index in [9.17, 15) is 5.11 Å². The predicted octanol–water partition coefficient (Wildman–Crippen LogP) is 3.02. The van der Waals surface area contributed by atoms with E-state index in [2.05, 4.69) is 18.7 Å². The molecule has 0 aliphatic carbocycles. The Morgan fingerprint density at radius 1 is 1.39 bits per heavy atom. The first-order chi connectivity index (χ1) is 8.50. The van der Waals surface area contributed by atoms with E-state index in [4.69, 9.17) is 4.74 Å². The molecule has 0 saturated carbocycles. The van der Waals surface area contributed by atoms with Gasteiger partial charge in [0.25, 0.3) is 0 Å². The van der Waals surface area contributed by atoms with E-state index >= 15 is 0 Å². The minimum atomic E-state index is 0.228. The average Bonchev–Trinajstić information content (AvgIpc) is 2.28. The predicted molar refractivity (Wildman–Crippen MR) is 73.0 cm³/mol. The molecule has 3 nitrogen and oxygen atoms in total. The Bertz CT molecular complexity index is 415. The zero-order chi connectivity index (χ0) is 13.2. The van der Waals surface area contributed by atoms with Crippen LogP contribution >= 0.6 is 0 Å². The van der Waals surface area contributed by atoms with E-state index in [0.29, 0.717) is 11.2 Å². The van der Waals surface area contributed by atoms with Crippen LogP contribution in [-0.4, -0.2) is 30.2 Å². The summed E-state index contributed by atoms with van der Waals surface area (Å²) >= 11 is 0. The zero-order valence-corrected chi connectivity index (χ0v) is 11.6. The van der Waals surface area contributed by atoms with Gasteiger partial charge in [0, 0.05) is 13.1 Å². The molecule has 1 fully saturated rings. The monoisotopic (exact) mass is 249 g/mol. The van der Waals surface area contributed by atoms with Gasteiger partial charge in [-0.15, -0.1) is 0 Å².